The van der Waals surface area contributed by atoms with Gasteiger partial charge >= 0.3 is 0 Å². The van der Waals surface area contributed by atoms with Gasteiger partial charge in [-0.2, -0.15) is 0 Å². The molecule has 0 unspecified atom stereocenters. The number of rotatable bonds is 7. The summed E-state index contributed by atoms with van der Waals surface area (Å²) in [7, 11) is 0. The minimum atomic E-state index is 0.926. The molecule has 0 saturated carbocycles. The zero-order valence-electron chi connectivity index (χ0n) is 35.4. The normalized spacial score (nSPS) is 11.7. The Bertz CT molecular complexity index is 3800. The summed E-state index contributed by atoms with van der Waals surface area (Å²) in [5.41, 5.74) is 18.3. The monoisotopic (exact) mass is 828 g/mol. The van der Waals surface area contributed by atoms with Crippen molar-refractivity contribution in [3.63, 3.8) is 0 Å². The standard InChI is InChI=1S/C61H40N4/c1-5-15-41(16-6-1)45-29-34-57-51(37-45)52-38-46(42-17-7-2-8-18-42)30-35-58(52)64(57)50-32-36-59-54(40-50)53-39-47(31-33-56(53)63(59)48-19-9-3-10-20-48)43-25-27-44(28-26-43)61-62-55-23-13-14-24-60(55)65(61)49-21-11-4-12-22-49/h1-40H. The first-order chi connectivity index (χ1) is 32.2. The van der Waals surface area contributed by atoms with Gasteiger partial charge in [0.1, 0.15) is 5.82 Å². The smallest absolute Gasteiger partial charge is 0.145 e. The zero-order chi connectivity index (χ0) is 42.8. The van der Waals surface area contributed by atoms with Crippen LogP contribution in [-0.2, 0) is 0 Å². The predicted octanol–water partition coefficient (Wildman–Crippen LogP) is 15.9. The summed E-state index contributed by atoms with van der Waals surface area (Å²) in [6.45, 7) is 0. The lowest BCUT2D eigenvalue weighted by Gasteiger charge is -2.11. The Labute approximate surface area is 376 Å². The van der Waals surface area contributed by atoms with Gasteiger partial charge in [0.2, 0.25) is 0 Å². The molecule has 4 heteroatoms. The molecule has 0 radical (unpaired) electrons. The largest absolute Gasteiger partial charge is 0.309 e. The third kappa shape index (κ3) is 6.11. The highest BCUT2D eigenvalue weighted by molar-refractivity contribution is 6.14. The van der Waals surface area contributed by atoms with Crippen LogP contribution >= 0.6 is 0 Å². The molecule has 0 atom stereocenters. The van der Waals surface area contributed by atoms with E-state index in [9.17, 15) is 0 Å². The Kier molecular flexibility index (Phi) is 8.50. The molecular weight excluding hydrogens is 789 g/mol. The van der Waals surface area contributed by atoms with Gasteiger partial charge in [-0.25, -0.2) is 4.98 Å². The predicted molar refractivity (Wildman–Crippen MR) is 271 cm³/mol. The van der Waals surface area contributed by atoms with Gasteiger partial charge in [-0.1, -0.05) is 152 Å². The van der Waals surface area contributed by atoms with Crippen LogP contribution in [0.5, 0.6) is 0 Å². The van der Waals surface area contributed by atoms with Crippen LogP contribution in [0.25, 0.3) is 116 Å². The number of hydrogen-bond donors (Lipinski definition) is 0. The molecule has 0 aliphatic heterocycles. The number of nitrogens with zero attached hydrogens (tertiary/aromatic N) is 4. The van der Waals surface area contributed by atoms with E-state index >= 15 is 0 Å². The molecule has 0 aliphatic rings. The summed E-state index contributed by atoms with van der Waals surface area (Å²) in [4.78, 5) is 5.13. The summed E-state index contributed by atoms with van der Waals surface area (Å²) in [5.74, 6) is 0.926. The minimum Gasteiger partial charge on any atom is -0.309 e. The molecule has 13 aromatic rings. The van der Waals surface area contributed by atoms with Crippen molar-refractivity contribution in [1.82, 2.24) is 18.7 Å². The molecule has 304 valence electrons. The SMILES string of the molecule is c1ccc(-c2ccc3c(c2)c2cc(-c4ccccc4)ccc2n3-c2ccc3c(c2)c2cc(-c4ccc(-c5nc6ccccc6n5-c5ccccc5)cc4)ccc2n3-c2ccccc2)cc1. The Morgan fingerprint density at radius 3 is 1.12 bits per heavy atom. The second kappa shape index (κ2) is 15.0. The number of para-hydroxylation sites is 4. The molecule has 3 heterocycles. The van der Waals surface area contributed by atoms with Gasteiger partial charge in [0.25, 0.3) is 0 Å². The Morgan fingerprint density at radius 2 is 0.600 bits per heavy atom. The molecule has 0 N–H and O–H groups in total. The summed E-state index contributed by atoms with van der Waals surface area (Å²) >= 11 is 0. The summed E-state index contributed by atoms with van der Waals surface area (Å²) in [6.07, 6.45) is 0. The molecule has 0 amide bonds. The molecule has 4 nitrogen and oxygen atoms in total. The number of benzene rings is 10. The van der Waals surface area contributed by atoms with Crippen molar-refractivity contribution in [3.8, 4) is 61.8 Å². The van der Waals surface area contributed by atoms with Crippen LogP contribution in [0.1, 0.15) is 0 Å². The highest BCUT2D eigenvalue weighted by Crippen LogP contribution is 2.41. The van der Waals surface area contributed by atoms with Gasteiger partial charge in [0.05, 0.1) is 33.1 Å². The van der Waals surface area contributed by atoms with Gasteiger partial charge in [-0.15, -0.1) is 0 Å². The van der Waals surface area contributed by atoms with Crippen molar-refractivity contribution in [2.75, 3.05) is 0 Å². The van der Waals surface area contributed by atoms with E-state index in [1.807, 2.05) is 0 Å². The van der Waals surface area contributed by atoms with Crippen molar-refractivity contribution in [2.45, 2.75) is 0 Å². The molecule has 0 spiro atoms. The maximum absolute atomic E-state index is 5.13. The highest BCUT2D eigenvalue weighted by atomic mass is 15.1. The van der Waals surface area contributed by atoms with E-state index in [1.165, 1.54) is 65.9 Å². The van der Waals surface area contributed by atoms with Crippen LogP contribution in [0.15, 0.2) is 243 Å². The van der Waals surface area contributed by atoms with Crippen LogP contribution < -0.4 is 0 Å². The van der Waals surface area contributed by atoms with E-state index in [1.54, 1.807) is 0 Å². The van der Waals surface area contributed by atoms with Crippen molar-refractivity contribution >= 4 is 54.6 Å². The van der Waals surface area contributed by atoms with Gasteiger partial charge in [0.15, 0.2) is 0 Å². The van der Waals surface area contributed by atoms with Gasteiger partial charge in [0, 0.05) is 44.2 Å². The molecule has 0 saturated heterocycles. The lowest BCUT2D eigenvalue weighted by molar-refractivity contribution is 1.10. The highest BCUT2D eigenvalue weighted by Gasteiger charge is 2.19. The van der Waals surface area contributed by atoms with E-state index in [4.69, 9.17) is 4.98 Å². The van der Waals surface area contributed by atoms with Gasteiger partial charge in [-0.3, -0.25) is 4.57 Å². The second-order valence-electron chi connectivity index (χ2n) is 16.8. The lowest BCUT2D eigenvalue weighted by atomic mass is 10.0. The Hall–Kier alpha value is -8.73. The summed E-state index contributed by atoms with van der Waals surface area (Å²) in [5, 5.41) is 4.87. The van der Waals surface area contributed by atoms with Gasteiger partial charge < -0.3 is 9.13 Å². The molecule has 0 aliphatic carbocycles. The molecule has 0 bridgehead atoms. The van der Waals surface area contributed by atoms with E-state index in [0.717, 1.165) is 50.6 Å². The summed E-state index contributed by atoms with van der Waals surface area (Å²) in [6, 6.07) is 87.6. The van der Waals surface area contributed by atoms with E-state index in [2.05, 4.69) is 256 Å². The fourth-order valence-electron chi connectivity index (χ4n) is 9.98. The number of imidazole rings is 1. The molecular formula is C61H40N4. The fraction of sp³-hybridized carbons (Fsp3) is 0. The molecule has 10 aromatic carbocycles. The van der Waals surface area contributed by atoms with Crippen molar-refractivity contribution in [1.29, 1.82) is 0 Å². The first-order valence-electron chi connectivity index (χ1n) is 22.2. The van der Waals surface area contributed by atoms with Crippen LogP contribution in [0, 0.1) is 0 Å². The van der Waals surface area contributed by atoms with Crippen molar-refractivity contribution in [2.24, 2.45) is 0 Å². The van der Waals surface area contributed by atoms with Crippen molar-refractivity contribution in [3.05, 3.63) is 243 Å². The zero-order valence-corrected chi connectivity index (χ0v) is 35.4. The van der Waals surface area contributed by atoms with E-state index < -0.39 is 0 Å². The molecule has 13 rings (SSSR count). The van der Waals surface area contributed by atoms with Crippen LogP contribution in [0.2, 0.25) is 0 Å². The molecule has 65 heavy (non-hydrogen) atoms. The quantitative estimate of drug-likeness (QED) is 0.157. The third-order valence-electron chi connectivity index (χ3n) is 13.1. The Balaban J connectivity index is 0.981. The second-order valence-corrected chi connectivity index (χ2v) is 16.8. The minimum absolute atomic E-state index is 0.926. The number of aromatic nitrogens is 4. The Morgan fingerprint density at radius 1 is 0.231 bits per heavy atom. The fourth-order valence-corrected chi connectivity index (χ4v) is 9.98. The lowest BCUT2D eigenvalue weighted by Crippen LogP contribution is -1.97. The van der Waals surface area contributed by atoms with E-state index in [-0.39, 0.29) is 0 Å². The van der Waals surface area contributed by atoms with E-state index in [0.29, 0.717) is 0 Å². The third-order valence-corrected chi connectivity index (χ3v) is 13.1. The van der Waals surface area contributed by atoms with Crippen LogP contribution in [0.3, 0.4) is 0 Å². The maximum atomic E-state index is 5.13. The molecule has 0 fully saturated rings. The van der Waals surface area contributed by atoms with Crippen LogP contribution in [-0.4, -0.2) is 18.7 Å². The van der Waals surface area contributed by atoms with Gasteiger partial charge in [-0.05, 0) is 124 Å². The van der Waals surface area contributed by atoms with Crippen molar-refractivity contribution < 1.29 is 0 Å². The first-order valence-corrected chi connectivity index (χ1v) is 22.2. The van der Waals surface area contributed by atoms with Crippen LogP contribution in [0.4, 0.5) is 0 Å². The maximum Gasteiger partial charge on any atom is 0.145 e. The topological polar surface area (TPSA) is 27.7 Å². The first kappa shape index (κ1) is 36.9. The average Bonchev–Trinajstić information content (AvgIpc) is 4.04. The average molecular weight is 829 g/mol. The summed E-state index contributed by atoms with van der Waals surface area (Å²) < 4.78 is 7.11. The molecule has 3 aromatic heterocycles. The number of fused-ring (bicyclic) bond motifs is 7. The number of hydrogen-bond acceptors (Lipinski definition) is 1.